The number of aromatic nitrogens is 2. The van der Waals surface area contributed by atoms with Crippen molar-refractivity contribution < 1.29 is 94.6 Å². The summed E-state index contributed by atoms with van der Waals surface area (Å²) in [4.78, 5) is 113. The van der Waals surface area contributed by atoms with E-state index in [0.29, 0.717) is 61.2 Å². The summed E-state index contributed by atoms with van der Waals surface area (Å²) < 4.78 is 101. The Balaban J connectivity index is 0.720. The minimum absolute atomic E-state index is 0.0482. The van der Waals surface area contributed by atoms with E-state index < -0.39 is 129 Å². The molecule has 2 aliphatic rings. The number of benzene rings is 4. The smallest absolute Gasteiger partial charge is 0.319 e. The molecule has 0 saturated carbocycles. The molecule has 2 aromatic heterocycles. The first-order chi connectivity index (χ1) is 53.0. The minimum Gasteiger partial charge on any atom is -0.493 e. The van der Waals surface area contributed by atoms with E-state index in [1.807, 2.05) is 13.8 Å². The number of rotatable bonds is 35. The number of amides is 9. The number of carboxylic acid groups (broad SMARTS) is 2. The first-order valence-electron chi connectivity index (χ1n) is 36.0. The molecule has 2 aliphatic heterocycles. The Hall–Kier alpha value is -10.7. The van der Waals surface area contributed by atoms with Gasteiger partial charge in [0.15, 0.2) is 0 Å². The number of sulfonamides is 1. The number of nitrogens with one attached hydrogen (secondary N) is 11. The Morgan fingerprint density at radius 1 is 0.739 bits per heavy atom. The summed E-state index contributed by atoms with van der Waals surface area (Å²) in [6.07, 6.45) is 2.37. The SMILES string of the molecule is CCCNC(=O)Nc1cccc(S(=O)(=O)Nc2cccc([C@@H](CC(=O)O)NC(=O)Nc3ccc(NC(=O)NCCOCCOCCOCCC(=O)N[C@@H](CC(=O)O)C(C)(O)N4CCC[C@H]4C(=O)N[C@H](C(=O)/N=[SH](=N)\Cc4cc5nc(c4)O[C@H](C)CCCCOc4cc(F)ccc4-c4cc(ncc4F)N5)C(C)C)cc3)c2)c1. The number of carbonyl (C=O) groups excluding carboxylic acids is 6. The van der Waals surface area contributed by atoms with Crippen LogP contribution in [0.3, 0.4) is 0 Å². The van der Waals surface area contributed by atoms with Crippen LogP contribution in [0.5, 0.6) is 11.6 Å². The molecule has 6 aromatic rings. The van der Waals surface area contributed by atoms with Gasteiger partial charge in [0, 0.05) is 77.8 Å². The van der Waals surface area contributed by atoms with Crippen LogP contribution in [0, 0.1) is 22.3 Å². The molecule has 1 fully saturated rings. The van der Waals surface area contributed by atoms with Gasteiger partial charge in [-0.15, -0.1) is 0 Å². The molecule has 4 bridgehead atoms. The quantitative estimate of drug-likeness (QED) is 0.0130. The van der Waals surface area contributed by atoms with E-state index in [4.69, 9.17) is 28.5 Å². The number of pyridine rings is 2. The maximum Gasteiger partial charge on any atom is 0.319 e. The highest BCUT2D eigenvalue weighted by atomic mass is 32.2. The van der Waals surface area contributed by atoms with Crippen molar-refractivity contribution in [2.45, 2.75) is 139 Å². The van der Waals surface area contributed by atoms with Gasteiger partial charge in [0.2, 0.25) is 17.7 Å². The number of anilines is 6. The third-order valence-electron chi connectivity index (χ3n) is 17.4. The molecule has 4 heterocycles. The van der Waals surface area contributed by atoms with Crippen molar-refractivity contribution in [2.75, 3.05) is 91.9 Å². The molecule has 600 valence electrons. The molecule has 4 aromatic carbocycles. The number of aliphatic hydroxyl groups is 1. The molecular formula is C74H95F2N15O18S2. The Kier molecular flexibility index (Phi) is 32.4. The van der Waals surface area contributed by atoms with E-state index in [2.05, 4.69) is 66.9 Å². The van der Waals surface area contributed by atoms with Crippen molar-refractivity contribution in [1.82, 2.24) is 41.5 Å². The second-order valence-corrected chi connectivity index (χ2v) is 29.6. The van der Waals surface area contributed by atoms with Gasteiger partial charge in [0.1, 0.15) is 40.8 Å². The fourth-order valence-corrected chi connectivity index (χ4v) is 13.9. The lowest BCUT2D eigenvalue weighted by Gasteiger charge is -2.43. The molecule has 7 atom stereocenters. The van der Waals surface area contributed by atoms with Gasteiger partial charge in [-0.05, 0) is 148 Å². The first-order valence-corrected chi connectivity index (χ1v) is 39.0. The number of carbonyl (C=O) groups is 8. The summed E-state index contributed by atoms with van der Waals surface area (Å²) in [5.41, 5.74) is 0.0998. The van der Waals surface area contributed by atoms with Crippen molar-refractivity contribution in [3.8, 4) is 22.8 Å². The number of carboxylic acids is 2. The third kappa shape index (κ3) is 27.4. The third-order valence-corrected chi connectivity index (χ3v) is 19.9. The van der Waals surface area contributed by atoms with Crippen LogP contribution in [-0.4, -0.2) is 182 Å². The second-order valence-electron chi connectivity index (χ2n) is 26.6. The average molecular weight is 1580 g/mol. The second kappa shape index (κ2) is 41.9. The van der Waals surface area contributed by atoms with E-state index in [0.717, 1.165) is 6.20 Å². The molecule has 0 radical (unpaired) electrons. The van der Waals surface area contributed by atoms with Crippen molar-refractivity contribution in [2.24, 2.45) is 10.3 Å². The van der Waals surface area contributed by atoms with Gasteiger partial charge in [-0.2, -0.15) is 9.35 Å². The number of hydrogen-bond acceptors (Lipinski definition) is 21. The van der Waals surface area contributed by atoms with Crippen molar-refractivity contribution in [3.05, 3.63) is 138 Å². The number of hydrogen-bond donors (Lipinski definition) is 15. The minimum atomic E-state index is -4.19. The summed E-state index contributed by atoms with van der Waals surface area (Å²) in [6, 6.07) is 19.4. The maximum absolute atomic E-state index is 15.4. The molecule has 0 spiro atoms. The van der Waals surface area contributed by atoms with Crippen LogP contribution in [0.15, 0.2) is 125 Å². The predicted octanol–water partition coefficient (Wildman–Crippen LogP) is 9.02. The van der Waals surface area contributed by atoms with Crippen LogP contribution in [0.1, 0.15) is 110 Å². The number of nitrogens with zero attached hydrogens (tertiary/aromatic N) is 4. The molecule has 1 saturated heterocycles. The monoisotopic (exact) mass is 1580 g/mol. The highest BCUT2D eigenvalue weighted by Crippen LogP contribution is 2.36. The molecule has 2 unspecified atom stereocenters. The summed E-state index contributed by atoms with van der Waals surface area (Å²) in [5.74, 6) is -5.65. The Morgan fingerprint density at radius 2 is 1.41 bits per heavy atom. The summed E-state index contributed by atoms with van der Waals surface area (Å²) in [6.45, 7) is 9.93. The number of thiol groups is 1. The van der Waals surface area contributed by atoms with Crippen LogP contribution >= 0.6 is 0 Å². The number of aliphatic carboxylic acids is 2. The number of fused-ring (bicyclic) bond motifs is 6. The fraction of sp³-hybridized carbons (Fsp3) is 0.432. The highest BCUT2D eigenvalue weighted by molar-refractivity contribution is 7.92. The van der Waals surface area contributed by atoms with Gasteiger partial charge >= 0.3 is 30.0 Å². The Bertz CT molecular complexity index is 4450. The van der Waals surface area contributed by atoms with E-state index >= 15 is 4.39 Å². The van der Waals surface area contributed by atoms with Gasteiger partial charge in [0.25, 0.3) is 15.9 Å². The van der Waals surface area contributed by atoms with E-state index in [1.165, 1.54) is 109 Å². The van der Waals surface area contributed by atoms with E-state index in [1.54, 1.807) is 26.0 Å². The lowest BCUT2D eigenvalue weighted by atomic mass is 9.98. The molecule has 8 rings (SSSR count). The number of ether oxygens (including phenoxy) is 5. The zero-order chi connectivity index (χ0) is 80.2. The molecule has 111 heavy (non-hydrogen) atoms. The summed E-state index contributed by atoms with van der Waals surface area (Å²) in [5, 5.41) is 55.9. The molecular weight excluding hydrogens is 1490 g/mol. The number of likely N-dealkylation sites (tertiary alicyclic amines) is 1. The first kappa shape index (κ1) is 85.9. The molecule has 9 amide bonds. The fourth-order valence-electron chi connectivity index (χ4n) is 11.9. The normalized spacial score (nSPS) is 16.1. The van der Waals surface area contributed by atoms with E-state index in [-0.39, 0.29) is 135 Å². The van der Waals surface area contributed by atoms with Crippen LogP contribution in [0.25, 0.3) is 11.1 Å². The number of halogens is 2. The number of urea groups is 3. The lowest BCUT2D eigenvalue weighted by molar-refractivity contribution is -0.159. The van der Waals surface area contributed by atoms with Crippen LogP contribution < -0.4 is 62.0 Å². The predicted molar refractivity (Wildman–Crippen MR) is 409 cm³/mol. The van der Waals surface area contributed by atoms with Gasteiger partial charge < -0.3 is 86.9 Å². The molecule has 0 aliphatic carbocycles. The molecule has 14 N–H and O–H groups in total. The topological polar surface area (TPSA) is 463 Å². The largest absolute Gasteiger partial charge is 0.493 e. The van der Waals surface area contributed by atoms with Crippen molar-refractivity contribution in [3.63, 3.8) is 0 Å². The van der Waals surface area contributed by atoms with Crippen LogP contribution in [-0.2, 0) is 64.4 Å². The van der Waals surface area contributed by atoms with E-state index in [9.17, 15) is 66.5 Å². The zero-order valence-electron chi connectivity index (χ0n) is 61.9. The van der Waals surface area contributed by atoms with Crippen LogP contribution in [0.4, 0.5) is 57.5 Å². The lowest BCUT2D eigenvalue weighted by Crippen LogP contribution is -2.65. The van der Waals surface area contributed by atoms with Gasteiger partial charge in [0.05, 0.1) is 94.4 Å². The Labute approximate surface area is 642 Å². The zero-order valence-corrected chi connectivity index (χ0v) is 63.7. The van der Waals surface area contributed by atoms with Crippen molar-refractivity contribution >= 4 is 103 Å². The Morgan fingerprint density at radius 3 is 2.11 bits per heavy atom. The molecule has 33 nitrogen and oxygen atoms in total. The van der Waals surface area contributed by atoms with Crippen molar-refractivity contribution in [1.29, 1.82) is 4.78 Å². The van der Waals surface area contributed by atoms with Gasteiger partial charge in [-0.25, -0.2) is 36.6 Å². The van der Waals surface area contributed by atoms with Gasteiger partial charge in [-0.1, -0.05) is 49.5 Å². The van der Waals surface area contributed by atoms with Crippen LogP contribution in [0.2, 0.25) is 0 Å². The maximum atomic E-state index is 15.4. The average Bonchev–Trinajstić information content (AvgIpc) is 1.75. The highest BCUT2D eigenvalue weighted by Gasteiger charge is 2.48. The summed E-state index contributed by atoms with van der Waals surface area (Å²) >= 11 is 0. The standard InChI is InChI=1S/C74H95F2N15O18S2/c1-6-25-78-71(99)83-52-14-10-16-54(39-52)111(103,104)90-53-15-9-13-48(37-53)58(41-66(93)94)84-73(101)82-51-21-19-50(20-22-51)81-72(100)79-26-30-106-32-34-107-33-31-105-29-24-64(92)85-61(42-67(95)96)74(5,102)91-27-11-17-59(91)69(97)88-68(45(2)3)70(98)89-110(77)44-47-35-63-86-62-40-56(57(76)43-80-62)55-23-18-49(75)38-60(55)108-28-8-7-12-46(4)109-65(36-47)87-63/h9-10,13-16,18-23,35-40,43,45-46,58-59,61,68,77,90,102,110H,6-8,11-12,17,24-34,41-42,44H2,1-5H3,(H,85,92)(H,88,97)(H,93,94)(H,95,96)(H2,78,83,99)(H2,79,81,100)(H,80,86,87)(H2,82,84,101)/t46-,58-,59+,61+,68+,74?/m1/s1. The van der Waals surface area contributed by atoms with Gasteiger partial charge in [-0.3, -0.25) is 38.4 Å². The summed E-state index contributed by atoms with van der Waals surface area (Å²) in [7, 11) is -6.37. The molecule has 37 heteroatoms.